The van der Waals surface area contributed by atoms with Gasteiger partial charge in [0.05, 0.1) is 30.2 Å². The summed E-state index contributed by atoms with van der Waals surface area (Å²) in [6.07, 6.45) is 3.63. The van der Waals surface area contributed by atoms with E-state index in [2.05, 4.69) is 34.9 Å². The highest BCUT2D eigenvalue weighted by molar-refractivity contribution is 7.99. The number of nitrogen functional groups attached to an aromatic ring is 1. The van der Waals surface area contributed by atoms with E-state index in [4.69, 9.17) is 24.6 Å². The van der Waals surface area contributed by atoms with Crippen molar-refractivity contribution < 1.29 is 28.6 Å². The maximum Gasteiger partial charge on any atom is 0.256 e. The Morgan fingerprint density at radius 1 is 0.662 bits per heavy atom. The third kappa shape index (κ3) is 12.4. The number of aliphatic hydroxyl groups excluding tert-OH is 1. The van der Waals surface area contributed by atoms with E-state index in [1.165, 1.54) is 11.8 Å². The van der Waals surface area contributed by atoms with Crippen LogP contribution in [0.2, 0.25) is 0 Å². The first-order chi connectivity index (χ1) is 31.9. The van der Waals surface area contributed by atoms with Crippen molar-refractivity contribution in [3.63, 3.8) is 0 Å². The van der Waals surface area contributed by atoms with Gasteiger partial charge in [-0.05, 0) is 64.9 Å². The van der Waals surface area contributed by atoms with E-state index >= 15 is 0 Å². The Hall–Kier alpha value is -6.50. The van der Waals surface area contributed by atoms with Crippen LogP contribution in [0.5, 0.6) is 0 Å². The minimum Gasteiger partial charge on any atom is -0.431 e. The number of aliphatic hydroxyl groups is 1. The van der Waals surface area contributed by atoms with Crippen molar-refractivity contribution in [1.29, 1.82) is 0 Å². The molecule has 2 amide bonds. The summed E-state index contributed by atoms with van der Waals surface area (Å²) in [4.78, 5) is 30.1. The Labute approximate surface area is 384 Å². The fraction of sp³-hybridized carbons (Fsp3) is 0.241. The molecule has 2 heterocycles. The molecule has 7 aromatic rings. The maximum atomic E-state index is 12.8. The van der Waals surface area contributed by atoms with Crippen LogP contribution in [0.3, 0.4) is 0 Å². The molecule has 332 valence electrons. The van der Waals surface area contributed by atoms with Gasteiger partial charge in [-0.1, -0.05) is 158 Å². The van der Waals surface area contributed by atoms with Gasteiger partial charge >= 0.3 is 0 Å². The molecule has 0 radical (unpaired) electrons. The molecule has 6 aromatic carbocycles. The SMILES string of the molecule is Nc1ccccc1NC(=O)CCCCCCC(=O)NCc1cccc(-c2cccc(C3OC(CSc4nc(-c5ccccc5)c(-c5ccccc5)o4)CC(c4ccc(CO)cc4)O3)c2)c1. The quantitative estimate of drug-likeness (QED) is 0.0354. The number of benzene rings is 6. The predicted molar refractivity (Wildman–Crippen MR) is 257 cm³/mol. The molecule has 0 aliphatic carbocycles. The van der Waals surface area contributed by atoms with Gasteiger partial charge in [0.1, 0.15) is 5.69 Å². The fourth-order valence-corrected chi connectivity index (χ4v) is 8.73. The van der Waals surface area contributed by atoms with Crippen LogP contribution in [0.15, 0.2) is 167 Å². The largest absolute Gasteiger partial charge is 0.431 e. The molecule has 5 N–H and O–H groups in total. The number of carbonyl (C=O) groups is 2. The van der Waals surface area contributed by atoms with Crippen LogP contribution in [0.25, 0.3) is 33.7 Å². The zero-order valence-corrected chi connectivity index (χ0v) is 37.1. The summed E-state index contributed by atoms with van der Waals surface area (Å²) in [5, 5.41) is 16.2. The molecular weight excluding hydrogens is 833 g/mol. The Balaban J connectivity index is 0.887. The van der Waals surface area contributed by atoms with Crippen LogP contribution in [-0.2, 0) is 32.2 Å². The van der Waals surface area contributed by atoms with Crippen LogP contribution in [0, 0.1) is 0 Å². The summed E-state index contributed by atoms with van der Waals surface area (Å²) in [5.41, 5.74) is 15.6. The van der Waals surface area contributed by atoms with Crippen LogP contribution in [0.1, 0.15) is 79.6 Å². The Morgan fingerprint density at radius 2 is 1.32 bits per heavy atom. The monoisotopic (exact) mass is 886 g/mol. The van der Waals surface area contributed by atoms with Gasteiger partial charge in [0.2, 0.25) is 11.8 Å². The van der Waals surface area contributed by atoms with Crippen molar-refractivity contribution in [2.45, 2.75) is 81.8 Å². The summed E-state index contributed by atoms with van der Waals surface area (Å²) in [5.74, 6) is 1.27. The summed E-state index contributed by atoms with van der Waals surface area (Å²) >= 11 is 1.53. The number of rotatable bonds is 19. The molecular formula is C54H54N4O6S. The number of para-hydroxylation sites is 2. The summed E-state index contributed by atoms with van der Waals surface area (Å²) in [7, 11) is 0. The van der Waals surface area contributed by atoms with Gasteiger partial charge in [0.25, 0.3) is 5.22 Å². The molecule has 3 atom stereocenters. The van der Waals surface area contributed by atoms with E-state index in [0.717, 1.165) is 81.6 Å². The molecule has 0 bridgehead atoms. The molecule has 65 heavy (non-hydrogen) atoms. The predicted octanol–water partition coefficient (Wildman–Crippen LogP) is 11.7. The lowest BCUT2D eigenvalue weighted by molar-refractivity contribution is -0.245. The molecule has 1 aromatic heterocycles. The van der Waals surface area contributed by atoms with Gasteiger partial charge in [-0.3, -0.25) is 9.59 Å². The van der Waals surface area contributed by atoms with Gasteiger partial charge in [0.15, 0.2) is 12.1 Å². The average molecular weight is 887 g/mol. The second-order valence-electron chi connectivity index (χ2n) is 16.2. The van der Waals surface area contributed by atoms with E-state index in [1.54, 1.807) is 12.1 Å². The van der Waals surface area contributed by atoms with Gasteiger partial charge in [-0.25, -0.2) is 4.98 Å². The second kappa shape index (κ2) is 22.4. The third-order valence-corrected chi connectivity index (χ3v) is 12.4. The number of thioether (sulfide) groups is 1. The van der Waals surface area contributed by atoms with Crippen molar-refractivity contribution in [3.05, 3.63) is 180 Å². The summed E-state index contributed by atoms with van der Waals surface area (Å²) < 4.78 is 19.9. The number of carbonyl (C=O) groups excluding carboxylic acids is 2. The van der Waals surface area contributed by atoms with Crippen LogP contribution in [0.4, 0.5) is 11.4 Å². The number of hydrogen-bond acceptors (Lipinski definition) is 9. The van der Waals surface area contributed by atoms with E-state index < -0.39 is 6.29 Å². The van der Waals surface area contributed by atoms with Gasteiger partial charge < -0.3 is 35.4 Å². The standard InChI is InChI=1S/C54H54N4O6S/c55-46-23-11-12-24-47(46)57-50(61)26-10-2-1-9-25-49(60)56-34-38-15-13-20-42(31-38)43-21-14-22-44(32-43)53-62-45(33-48(63-53)39-29-27-37(35-59)28-30-39)36-65-54-58-51(40-16-5-3-6-17-40)52(64-54)41-18-7-4-8-19-41/h3-8,11-24,27-32,45,48,53,59H,1-2,9-10,25-26,33-36,55H2,(H,56,60)(H,57,61). The summed E-state index contributed by atoms with van der Waals surface area (Å²) in [6, 6.07) is 51.7. The lowest BCUT2D eigenvalue weighted by Crippen LogP contribution is -2.31. The van der Waals surface area contributed by atoms with Crippen LogP contribution in [-0.4, -0.2) is 33.8 Å². The molecule has 1 saturated heterocycles. The first kappa shape index (κ1) is 45.1. The fourth-order valence-electron chi connectivity index (χ4n) is 7.89. The Kier molecular flexibility index (Phi) is 15.5. The number of hydrogen-bond donors (Lipinski definition) is 4. The van der Waals surface area contributed by atoms with Gasteiger partial charge in [0, 0.05) is 48.3 Å². The normalized spacial score (nSPS) is 15.9. The van der Waals surface area contributed by atoms with Crippen molar-refractivity contribution >= 4 is 35.0 Å². The topological polar surface area (TPSA) is 149 Å². The molecule has 1 aliphatic rings. The number of ether oxygens (including phenoxy) is 2. The molecule has 0 saturated carbocycles. The number of nitrogens with one attached hydrogen (secondary N) is 2. The Bertz CT molecular complexity index is 2580. The highest BCUT2D eigenvalue weighted by atomic mass is 32.2. The minimum absolute atomic E-state index is 0.00524. The summed E-state index contributed by atoms with van der Waals surface area (Å²) in [6.45, 7) is 0.393. The van der Waals surface area contributed by atoms with Crippen molar-refractivity contribution in [3.8, 4) is 33.7 Å². The zero-order valence-electron chi connectivity index (χ0n) is 36.2. The maximum absolute atomic E-state index is 12.8. The van der Waals surface area contributed by atoms with E-state index in [-0.39, 0.29) is 30.6 Å². The number of nitrogens with zero attached hydrogens (tertiary/aromatic N) is 1. The van der Waals surface area contributed by atoms with E-state index in [0.29, 0.717) is 48.2 Å². The number of anilines is 2. The Morgan fingerprint density at radius 3 is 2.06 bits per heavy atom. The number of unbranched alkanes of at least 4 members (excludes halogenated alkanes) is 3. The third-order valence-electron chi connectivity index (χ3n) is 11.4. The van der Waals surface area contributed by atoms with Crippen molar-refractivity contribution in [2.75, 3.05) is 16.8 Å². The molecule has 1 fully saturated rings. The second-order valence-corrected chi connectivity index (χ2v) is 17.2. The molecule has 8 rings (SSSR count). The molecule has 3 unspecified atom stereocenters. The minimum atomic E-state index is -0.644. The average Bonchev–Trinajstić information content (AvgIpc) is 3.79. The highest BCUT2D eigenvalue weighted by Crippen LogP contribution is 2.42. The van der Waals surface area contributed by atoms with Gasteiger partial charge in [-0.2, -0.15) is 0 Å². The first-order valence-corrected chi connectivity index (χ1v) is 23.2. The van der Waals surface area contributed by atoms with Crippen molar-refractivity contribution in [2.24, 2.45) is 0 Å². The number of amides is 2. The molecule has 1 aliphatic heterocycles. The first-order valence-electron chi connectivity index (χ1n) is 22.2. The molecule has 11 heteroatoms. The van der Waals surface area contributed by atoms with E-state index in [9.17, 15) is 14.7 Å². The smallest absolute Gasteiger partial charge is 0.256 e. The lowest BCUT2D eigenvalue weighted by atomic mass is 9.99. The van der Waals surface area contributed by atoms with Crippen LogP contribution >= 0.6 is 11.8 Å². The highest BCUT2D eigenvalue weighted by Gasteiger charge is 2.33. The van der Waals surface area contributed by atoms with Crippen LogP contribution < -0.4 is 16.4 Å². The van der Waals surface area contributed by atoms with Crippen molar-refractivity contribution in [1.82, 2.24) is 10.3 Å². The molecule has 10 nitrogen and oxygen atoms in total. The zero-order chi connectivity index (χ0) is 44.8. The lowest BCUT2D eigenvalue weighted by Gasteiger charge is -2.36. The van der Waals surface area contributed by atoms with E-state index in [1.807, 2.05) is 121 Å². The number of aromatic nitrogens is 1. The number of nitrogens with two attached hydrogens (primary N) is 1. The number of oxazole rings is 1. The molecule has 0 spiro atoms. The van der Waals surface area contributed by atoms with Gasteiger partial charge in [-0.15, -0.1) is 0 Å².